The Hall–Kier alpha value is -1.02. The molecule has 1 unspecified atom stereocenters. The largest absolute Gasteiger partial charge is 0.415 e. The summed E-state index contributed by atoms with van der Waals surface area (Å²) in [5, 5.41) is 22.5. The number of nitrogens with two attached hydrogens (primary N) is 1. The van der Waals surface area contributed by atoms with Crippen LogP contribution in [0.4, 0.5) is 13.2 Å². The molecule has 0 saturated carbocycles. The van der Waals surface area contributed by atoms with E-state index >= 15 is 0 Å². The van der Waals surface area contributed by atoms with E-state index in [9.17, 15) is 13.2 Å². The number of rotatable bonds is 6. The van der Waals surface area contributed by atoms with E-state index in [2.05, 4.69) is 10.5 Å². The molecule has 0 aliphatic heterocycles. The zero-order chi connectivity index (χ0) is 13.7. The summed E-state index contributed by atoms with van der Waals surface area (Å²) >= 11 is 0. The van der Waals surface area contributed by atoms with Crippen molar-refractivity contribution in [2.24, 2.45) is 16.3 Å². The van der Waals surface area contributed by atoms with Crippen molar-refractivity contribution in [3.8, 4) is 0 Å². The zero-order valence-corrected chi connectivity index (χ0v) is 9.75. The van der Waals surface area contributed by atoms with Crippen molar-refractivity contribution in [1.82, 2.24) is 5.32 Å². The van der Waals surface area contributed by atoms with Gasteiger partial charge in [0, 0.05) is 12.0 Å². The quantitative estimate of drug-likeness (QED) is 0.185. The summed E-state index contributed by atoms with van der Waals surface area (Å²) in [5.74, 6) is 0.00988. The Morgan fingerprint density at radius 3 is 2.35 bits per heavy atom. The minimum atomic E-state index is -4.62. The summed E-state index contributed by atoms with van der Waals surface area (Å²) in [6.45, 7) is 3.04. The average Bonchev–Trinajstić information content (AvgIpc) is 2.21. The fourth-order valence-corrected chi connectivity index (χ4v) is 1.02. The lowest BCUT2D eigenvalue weighted by atomic mass is 9.88. The molecule has 0 radical (unpaired) electrons. The van der Waals surface area contributed by atoms with Crippen LogP contribution in [0.3, 0.4) is 0 Å². The zero-order valence-electron chi connectivity index (χ0n) is 9.75. The summed E-state index contributed by atoms with van der Waals surface area (Å²) in [7, 11) is 0. The number of hydrogen-bond acceptors (Lipinski definition) is 4. The molecular formula is C9H18F3N3O2. The lowest BCUT2D eigenvalue weighted by Gasteiger charge is -2.23. The molecule has 0 saturated heterocycles. The van der Waals surface area contributed by atoms with E-state index in [-0.39, 0.29) is 12.4 Å². The van der Waals surface area contributed by atoms with E-state index in [4.69, 9.17) is 16.0 Å². The highest BCUT2D eigenvalue weighted by atomic mass is 19.4. The van der Waals surface area contributed by atoms with Crippen LogP contribution in [0.2, 0.25) is 0 Å². The molecule has 0 aromatic rings. The fraction of sp³-hybridized carbons (Fsp3) is 0.889. The first kappa shape index (κ1) is 16.0. The maximum Gasteiger partial charge on any atom is 0.415 e. The molecule has 1 atom stereocenters. The average molecular weight is 257 g/mol. The lowest BCUT2D eigenvalue weighted by molar-refractivity contribution is -0.201. The van der Waals surface area contributed by atoms with Gasteiger partial charge in [-0.3, -0.25) is 0 Å². The third-order valence-corrected chi connectivity index (χ3v) is 2.44. The second-order valence-electron chi connectivity index (χ2n) is 4.38. The number of nitrogens with one attached hydrogen (secondary N) is 1. The minimum Gasteiger partial charge on any atom is -0.409 e. The van der Waals surface area contributed by atoms with Gasteiger partial charge in [-0.2, -0.15) is 13.2 Å². The number of hydrogen-bond donors (Lipinski definition) is 4. The first-order valence-electron chi connectivity index (χ1n) is 5.05. The normalized spacial score (nSPS) is 16.0. The van der Waals surface area contributed by atoms with Crippen molar-refractivity contribution < 1.29 is 23.5 Å². The standard InChI is InChI=1S/C9H18F3N3O2/c1-8(2,7(13)15-17)3-4-14-5-6(16)9(10,11)12/h6,14,16-17H,3-5H2,1-2H3,(H2,13,15). The summed E-state index contributed by atoms with van der Waals surface area (Å²) in [5.41, 5.74) is 4.78. The molecule has 5 nitrogen and oxygen atoms in total. The van der Waals surface area contributed by atoms with Gasteiger partial charge in [0.25, 0.3) is 0 Å². The third-order valence-electron chi connectivity index (χ3n) is 2.44. The molecule has 0 bridgehead atoms. The highest BCUT2D eigenvalue weighted by Crippen LogP contribution is 2.21. The van der Waals surface area contributed by atoms with Crippen molar-refractivity contribution in [1.29, 1.82) is 0 Å². The van der Waals surface area contributed by atoms with Gasteiger partial charge in [0.2, 0.25) is 0 Å². The van der Waals surface area contributed by atoms with Gasteiger partial charge in [-0.25, -0.2) is 0 Å². The Morgan fingerprint density at radius 1 is 1.41 bits per heavy atom. The summed E-state index contributed by atoms with van der Waals surface area (Å²) in [4.78, 5) is 0. The van der Waals surface area contributed by atoms with Gasteiger partial charge in [0.1, 0.15) is 5.84 Å². The Kier molecular flexibility index (Phi) is 5.70. The molecule has 0 aliphatic carbocycles. The van der Waals surface area contributed by atoms with Crippen LogP contribution in [-0.2, 0) is 0 Å². The van der Waals surface area contributed by atoms with E-state index < -0.39 is 24.2 Å². The van der Waals surface area contributed by atoms with Gasteiger partial charge < -0.3 is 21.4 Å². The maximum absolute atomic E-state index is 11.9. The summed E-state index contributed by atoms with van der Waals surface area (Å²) < 4.78 is 35.8. The van der Waals surface area contributed by atoms with Gasteiger partial charge in [0.05, 0.1) is 0 Å². The molecular weight excluding hydrogens is 239 g/mol. The van der Waals surface area contributed by atoms with Crippen molar-refractivity contribution in [2.45, 2.75) is 32.5 Å². The lowest BCUT2D eigenvalue weighted by Crippen LogP contribution is -2.40. The molecule has 0 aromatic carbocycles. The Morgan fingerprint density at radius 2 is 1.94 bits per heavy atom. The first-order chi connectivity index (χ1) is 7.61. The molecule has 0 rings (SSSR count). The number of alkyl halides is 3. The molecule has 0 aromatic heterocycles. The van der Waals surface area contributed by atoms with Gasteiger partial charge in [-0.1, -0.05) is 19.0 Å². The molecule has 0 aliphatic rings. The molecule has 5 N–H and O–H groups in total. The van der Waals surface area contributed by atoms with Crippen LogP contribution in [0.1, 0.15) is 20.3 Å². The molecule has 0 fully saturated rings. The van der Waals surface area contributed by atoms with Crippen LogP contribution in [-0.4, -0.2) is 41.5 Å². The monoisotopic (exact) mass is 257 g/mol. The first-order valence-corrected chi connectivity index (χ1v) is 5.05. The van der Waals surface area contributed by atoms with Crippen LogP contribution in [0.5, 0.6) is 0 Å². The van der Waals surface area contributed by atoms with Crippen LogP contribution >= 0.6 is 0 Å². The van der Waals surface area contributed by atoms with Crippen LogP contribution in [0, 0.1) is 5.41 Å². The van der Waals surface area contributed by atoms with Crippen LogP contribution < -0.4 is 11.1 Å². The smallest absolute Gasteiger partial charge is 0.409 e. The van der Waals surface area contributed by atoms with Crippen molar-refractivity contribution >= 4 is 5.84 Å². The molecule has 8 heteroatoms. The number of nitrogens with zero attached hydrogens (tertiary/aromatic N) is 1. The number of aliphatic hydroxyl groups is 1. The van der Waals surface area contributed by atoms with E-state index in [1.54, 1.807) is 13.8 Å². The van der Waals surface area contributed by atoms with E-state index in [0.717, 1.165) is 0 Å². The van der Waals surface area contributed by atoms with Crippen molar-refractivity contribution in [3.63, 3.8) is 0 Å². The molecule has 17 heavy (non-hydrogen) atoms. The highest BCUT2D eigenvalue weighted by Gasteiger charge is 2.37. The van der Waals surface area contributed by atoms with Crippen LogP contribution in [0.25, 0.3) is 0 Å². The highest BCUT2D eigenvalue weighted by molar-refractivity contribution is 5.85. The van der Waals surface area contributed by atoms with E-state index in [0.29, 0.717) is 6.42 Å². The molecule has 0 spiro atoms. The summed E-state index contributed by atoms with van der Waals surface area (Å²) in [6.07, 6.45) is -6.61. The van der Waals surface area contributed by atoms with E-state index in [1.807, 2.05) is 0 Å². The van der Waals surface area contributed by atoms with Gasteiger partial charge in [-0.15, -0.1) is 0 Å². The molecule has 0 heterocycles. The molecule has 102 valence electrons. The number of oxime groups is 1. The summed E-state index contributed by atoms with van der Waals surface area (Å²) in [6, 6.07) is 0. The maximum atomic E-state index is 11.9. The minimum absolute atomic E-state index is 0.00988. The van der Waals surface area contributed by atoms with Gasteiger partial charge >= 0.3 is 6.18 Å². The SMILES string of the molecule is CC(C)(CCNCC(O)C(F)(F)F)C(N)=NO. The Balaban J connectivity index is 3.94. The third kappa shape index (κ3) is 5.73. The van der Waals surface area contributed by atoms with Gasteiger partial charge in [-0.05, 0) is 13.0 Å². The second kappa shape index (κ2) is 6.06. The number of aliphatic hydroxyl groups excluding tert-OH is 1. The molecule has 0 amide bonds. The Labute approximate surface area is 97.5 Å². The Bertz CT molecular complexity index is 267. The predicted molar refractivity (Wildman–Crippen MR) is 56.7 cm³/mol. The van der Waals surface area contributed by atoms with Gasteiger partial charge in [0.15, 0.2) is 6.10 Å². The number of amidine groups is 1. The van der Waals surface area contributed by atoms with Crippen molar-refractivity contribution in [3.05, 3.63) is 0 Å². The predicted octanol–water partition coefficient (Wildman–Crippen LogP) is 0.662. The topological polar surface area (TPSA) is 90.9 Å². The number of halogens is 3. The van der Waals surface area contributed by atoms with E-state index in [1.165, 1.54) is 0 Å². The van der Waals surface area contributed by atoms with Crippen LogP contribution in [0.15, 0.2) is 5.16 Å². The van der Waals surface area contributed by atoms with Crippen molar-refractivity contribution in [2.75, 3.05) is 13.1 Å². The second-order valence-corrected chi connectivity index (χ2v) is 4.38. The fourth-order valence-electron chi connectivity index (χ4n) is 1.02.